The monoisotopic (exact) mass is 265 g/mol. The maximum Gasteiger partial charge on any atom is 0.223 e. The molecule has 1 fully saturated rings. The van der Waals surface area contributed by atoms with Crippen LogP contribution in [0.1, 0.15) is 30.5 Å². The highest BCUT2D eigenvalue weighted by atomic mass is 16.5. The van der Waals surface area contributed by atoms with Gasteiger partial charge in [0.2, 0.25) is 5.88 Å². The van der Waals surface area contributed by atoms with Crippen molar-refractivity contribution in [2.24, 2.45) is 12.8 Å². The summed E-state index contributed by atoms with van der Waals surface area (Å²) in [5.41, 5.74) is 6.95. The van der Waals surface area contributed by atoms with Crippen LogP contribution in [-0.2, 0) is 7.05 Å². The molecule has 2 rings (SSSR count). The van der Waals surface area contributed by atoms with Gasteiger partial charge < -0.3 is 15.4 Å². The van der Waals surface area contributed by atoms with Crippen LogP contribution in [0.5, 0.6) is 5.88 Å². The van der Waals surface area contributed by atoms with Crippen LogP contribution in [0.15, 0.2) is 0 Å². The third-order valence-corrected chi connectivity index (χ3v) is 3.77. The number of aryl methyl sites for hydroxylation is 2. The van der Waals surface area contributed by atoms with Crippen LogP contribution < -0.4 is 10.5 Å². The predicted molar refractivity (Wildman–Crippen MR) is 74.7 cm³/mol. The molecule has 0 spiro atoms. The fraction of sp³-hybridized carbons (Fsp3) is 0.692. The molecule has 1 saturated heterocycles. The Morgan fingerprint density at radius 1 is 1.47 bits per heavy atom. The Labute approximate surface area is 114 Å². The van der Waals surface area contributed by atoms with E-state index in [1.807, 2.05) is 14.0 Å². The number of amidine groups is 1. The Kier molecular flexibility index (Phi) is 4.09. The summed E-state index contributed by atoms with van der Waals surface area (Å²) in [5.74, 6) is 0.613. The summed E-state index contributed by atoms with van der Waals surface area (Å²) < 4.78 is 7.56. The summed E-state index contributed by atoms with van der Waals surface area (Å²) in [6, 6.07) is 0.434. The van der Waals surface area contributed by atoms with Gasteiger partial charge in [0.1, 0.15) is 18.0 Å². The standard InChI is InChI=1S/C13H23N5O/c1-9-11(12(14)15)13(18(3)16-9)19-8-10-6-4-5-7-17(10)2/h10H,4-8H2,1-3H3,(H3,14,15). The van der Waals surface area contributed by atoms with Crippen molar-refractivity contribution in [2.75, 3.05) is 20.2 Å². The molecule has 0 aromatic carbocycles. The number of aromatic nitrogens is 2. The minimum absolute atomic E-state index is 0.0117. The van der Waals surface area contributed by atoms with E-state index in [0.29, 0.717) is 24.1 Å². The molecule has 1 aliphatic heterocycles. The molecule has 1 atom stereocenters. The number of nitrogens with two attached hydrogens (primary N) is 1. The number of nitrogen functional groups attached to an aromatic ring is 1. The molecule has 0 saturated carbocycles. The lowest BCUT2D eigenvalue weighted by atomic mass is 10.0. The van der Waals surface area contributed by atoms with Crippen molar-refractivity contribution < 1.29 is 4.74 Å². The second kappa shape index (κ2) is 5.61. The molecule has 0 aliphatic carbocycles. The molecule has 1 aromatic rings. The van der Waals surface area contributed by atoms with Crippen molar-refractivity contribution in [1.29, 1.82) is 5.41 Å². The number of hydrogen-bond donors (Lipinski definition) is 2. The van der Waals surface area contributed by atoms with Crippen molar-refractivity contribution >= 4 is 5.84 Å². The minimum atomic E-state index is 0.0117. The van der Waals surface area contributed by atoms with Crippen LogP contribution in [-0.4, -0.2) is 46.8 Å². The second-order valence-corrected chi connectivity index (χ2v) is 5.24. The Hall–Kier alpha value is -1.56. The van der Waals surface area contributed by atoms with Crippen LogP contribution in [0.2, 0.25) is 0 Å². The van der Waals surface area contributed by atoms with Crippen LogP contribution in [0.4, 0.5) is 0 Å². The first kappa shape index (κ1) is 13.9. The topological polar surface area (TPSA) is 80.2 Å². The smallest absolute Gasteiger partial charge is 0.223 e. The summed E-state index contributed by atoms with van der Waals surface area (Å²) >= 11 is 0. The molecule has 19 heavy (non-hydrogen) atoms. The third-order valence-electron chi connectivity index (χ3n) is 3.77. The van der Waals surface area contributed by atoms with Gasteiger partial charge >= 0.3 is 0 Å². The largest absolute Gasteiger partial charge is 0.476 e. The average Bonchev–Trinajstić information content (AvgIpc) is 2.63. The number of piperidine rings is 1. The number of rotatable bonds is 4. The van der Waals surface area contributed by atoms with E-state index in [9.17, 15) is 0 Å². The summed E-state index contributed by atoms with van der Waals surface area (Å²) in [6.45, 7) is 3.59. The molecule has 106 valence electrons. The van der Waals surface area contributed by atoms with E-state index < -0.39 is 0 Å². The predicted octanol–water partition coefficient (Wildman–Crippen LogP) is 0.876. The van der Waals surface area contributed by atoms with Gasteiger partial charge in [0, 0.05) is 13.1 Å². The molecule has 3 N–H and O–H groups in total. The molecule has 1 aliphatic rings. The highest BCUT2D eigenvalue weighted by molar-refractivity contribution is 5.98. The number of nitrogens with zero attached hydrogens (tertiary/aromatic N) is 3. The van der Waals surface area contributed by atoms with Crippen LogP contribution >= 0.6 is 0 Å². The lowest BCUT2D eigenvalue weighted by Gasteiger charge is -2.32. The molecule has 2 heterocycles. The van der Waals surface area contributed by atoms with E-state index in [4.69, 9.17) is 15.9 Å². The minimum Gasteiger partial charge on any atom is -0.476 e. The van der Waals surface area contributed by atoms with E-state index in [0.717, 1.165) is 18.7 Å². The van der Waals surface area contributed by atoms with E-state index >= 15 is 0 Å². The fourth-order valence-electron chi connectivity index (χ4n) is 2.64. The van der Waals surface area contributed by atoms with Gasteiger partial charge in [0.25, 0.3) is 0 Å². The Morgan fingerprint density at radius 3 is 2.84 bits per heavy atom. The molecule has 0 radical (unpaired) electrons. The zero-order valence-corrected chi connectivity index (χ0v) is 11.9. The molecule has 1 unspecified atom stereocenters. The Balaban J connectivity index is 2.08. The highest BCUT2D eigenvalue weighted by Gasteiger charge is 2.22. The zero-order chi connectivity index (χ0) is 14.0. The Morgan fingerprint density at radius 2 is 2.21 bits per heavy atom. The van der Waals surface area contributed by atoms with E-state index in [-0.39, 0.29) is 5.84 Å². The lowest BCUT2D eigenvalue weighted by molar-refractivity contribution is 0.120. The maximum atomic E-state index is 7.63. The van der Waals surface area contributed by atoms with Gasteiger partial charge in [-0.2, -0.15) is 5.10 Å². The summed E-state index contributed by atoms with van der Waals surface area (Å²) in [4.78, 5) is 2.33. The van der Waals surface area contributed by atoms with Crippen molar-refractivity contribution in [1.82, 2.24) is 14.7 Å². The van der Waals surface area contributed by atoms with Crippen molar-refractivity contribution in [2.45, 2.75) is 32.2 Å². The first-order chi connectivity index (χ1) is 9.00. The first-order valence-electron chi connectivity index (χ1n) is 6.71. The van der Waals surface area contributed by atoms with Crippen LogP contribution in [0.25, 0.3) is 0 Å². The molecule has 0 bridgehead atoms. The number of nitrogens with one attached hydrogen (secondary N) is 1. The number of likely N-dealkylation sites (tertiary alicyclic amines) is 1. The molecule has 0 amide bonds. The van der Waals surface area contributed by atoms with E-state index in [1.54, 1.807) is 4.68 Å². The normalized spacial score (nSPS) is 20.5. The molecule has 6 heteroatoms. The zero-order valence-electron chi connectivity index (χ0n) is 11.9. The summed E-state index contributed by atoms with van der Waals surface area (Å²) in [6.07, 6.45) is 3.67. The van der Waals surface area contributed by atoms with Gasteiger partial charge in [-0.1, -0.05) is 6.42 Å². The van der Waals surface area contributed by atoms with E-state index in [1.165, 1.54) is 12.8 Å². The van der Waals surface area contributed by atoms with Crippen LogP contribution in [0.3, 0.4) is 0 Å². The molecule has 6 nitrogen and oxygen atoms in total. The summed E-state index contributed by atoms with van der Waals surface area (Å²) in [5, 5.41) is 11.9. The fourth-order valence-corrected chi connectivity index (χ4v) is 2.64. The average molecular weight is 265 g/mol. The van der Waals surface area contributed by atoms with Crippen LogP contribution in [0, 0.1) is 12.3 Å². The number of ether oxygens (including phenoxy) is 1. The Bertz CT molecular complexity index is 468. The van der Waals surface area contributed by atoms with Gasteiger partial charge in [0.05, 0.1) is 5.69 Å². The molecular formula is C13H23N5O. The summed E-state index contributed by atoms with van der Waals surface area (Å²) in [7, 11) is 3.95. The van der Waals surface area contributed by atoms with Crippen molar-refractivity contribution in [3.8, 4) is 5.88 Å². The quantitative estimate of drug-likeness (QED) is 0.625. The SMILES string of the molecule is Cc1nn(C)c(OCC2CCCCN2C)c1C(=N)N. The van der Waals surface area contributed by atoms with E-state index in [2.05, 4.69) is 17.0 Å². The first-order valence-corrected chi connectivity index (χ1v) is 6.71. The highest BCUT2D eigenvalue weighted by Crippen LogP contribution is 2.22. The lowest BCUT2D eigenvalue weighted by Crippen LogP contribution is -2.40. The maximum absolute atomic E-state index is 7.63. The van der Waals surface area contributed by atoms with Gasteiger partial charge in [-0.3, -0.25) is 5.41 Å². The number of hydrogen-bond acceptors (Lipinski definition) is 4. The third kappa shape index (κ3) is 2.89. The van der Waals surface area contributed by atoms with Crippen molar-refractivity contribution in [3.63, 3.8) is 0 Å². The van der Waals surface area contributed by atoms with Gasteiger partial charge in [-0.05, 0) is 33.4 Å². The van der Waals surface area contributed by atoms with Crippen molar-refractivity contribution in [3.05, 3.63) is 11.3 Å². The molecular weight excluding hydrogens is 242 g/mol. The van der Waals surface area contributed by atoms with Gasteiger partial charge in [-0.25, -0.2) is 4.68 Å². The van der Waals surface area contributed by atoms with Gasteiger partial charge in [-0.15, -0.1) is 0 Å². The molecule has 1 aromatic heterocycles. The van der Waals surface area contributed by atoms with Gasteiger partial charge in [0.15, 0.2) is 0 Å². The second-order valence-electron chi connectivity index (χ2n) is 5.24. The number of likely N-dealkylation sites (N-methyl/N-ethyl adjacent to an activating group) is 1.